The number of carboxylic acids is 4. The van der Waals surface area contributed by atoms with Crippen LogP contribution in [-0.2, 0) is 35.3 Å². The Morgan fingerprint density at radius 1 is 0.768 bits per heavy atom. The lowest BCUT2D eigenvalue weighted by molar-refractivity contribution is -0.158. The minimum atomic E-state index is -2.31. The molecule has 1 aliphatic heterocycles. The summed E-state index contributed by atoms with van der Waals surface area (Å²) in [5.41, 5.74) is -0.790. The Balaban J connectivity index is 1.35. The number of aromatic nitrogens is 1. The molecule has 2 heterocycles. The summed E-state index contributed by atoms with van der Waals surface area (Å²) >= 11 is 0. The Bertz CT molecular complexity index is 1730. The van der Waals surface area contributed by atoms with Gasteiger partial charge in [-0.15, -0.1) is 0 Å². The molecule has 0 bridgehead atoms. The molecule has 0 aliphatic carbocycles. The summed E-state index contributed by atoms with van der Waals surface area (Å²) in [4.78, 5) is 104. The van der Waals surface area contributed by atoms with Crippen LogP contribution in [0.3, 0.4) is 0 Å². The fourth-order valence-corrected chi connectivity index (χ4v) is 5.47. The number of nitrogens with zero attached hydrogens (tertiary/aromatic N) is 4. The summed E-state index contributed by atoms with van der Waals surface area (Å²) in [6.45, 7) is 0.451. The quantitative estimate of drug-likeness (QED) is 0.0361. The van der Waals surface area contributed by atoms with E-state index in [1.165, 1.54) is 15.9 Å². The molecule has 1 aliphatic rings. The van der Waals surface area contributed by atoms with Crippen LogP contribution in [0, 0.1) is 0 Å². The minimum Gasteiger partial charge on any atom is -0.480 e. The second kappa shape index (κ2) is 21.6. The number of anilines is 1. The molecule has 0 atom stereocenters. The summed E-state index contributed by atoms with van der Waals surface area (Å²) in [5, 5.41) is 50.3. The number of aliphatic carboxylic acids is 4. The van der Waals surface area contributed by atoms with E-state index in [1.54, 1.807) is 29.3 Å². The molecule has 21 heteroatoms. The van der Waals surface area contributed by atoms with Gasteiger partial charge in [0.05, 0.1) is 19.6 Å². The molecule has 2 aromatic rings. The van der Waals surface area contributed by atoms with Crippen molar-refractivity contribution >= 4 is 53.3 Å². The number of hydrogen-bond donors (Lipinski definition) is 9. The number of benzene rings is 1. The van der Waals surface area contributed by atoms with Crippen LogP contribution in [0.15, 0.2) is 42.6 Å². The van der Waals surface area contributed by atoms with Crippen molar-refractivity contribution in [3.05, 3.63) is 59.3 Å². The predicted molar refractivity (Wildman–Crippen MR) is 197 cm³/mol. The highest BCUT2D eigenvalue weighted by atomic mass is 16.4. The molecule has 0 radical (unpaired) electrons. The number of pyridine rings is 1. The summed E-state index contributed by atoms with van der Waals surface area (Å²) in [7, 11) is 0. The monoisotopic (exact) mass is 785 g/mol. The average molecular weight is 786 g/mol. The van der Waals surface area contributed by atoms with E-state index < -0.39 is 60.2 Å². The third-order valence-corrected chi connectivity index (χ3v) is 8.59. The molecule has 304 valence electrons. The number of fused-ring (bicyclic) bond motifs is 1. The number of amides is 4. The minimum absolute atomic E-state index is 0.0000461. The molecule has 3 rings (SSSR count). The zero-order valence-corrected chi connectivity index (χ0v) is 30.8. The van der Waals surface area contributed by atoms with Crippen molar-refractivity contribution in [2.45, 2.75) is 25.4 Å². The molecule has 56 heavy (non-hydrogen) atoms. The van der Waals surface area contributed by atoms with E-state index in [-0.39, 0.29) is 70.2 Å². The number of hydrogen-bond acceptors (Lipinski definition) is 13. The van der Waals surface area contributed by atoms with Crippen LogP contribution in [0.2, 0.25) is 0 Å². The molecule has 1 aromatic heterocycles. The van der Waals surface area contributed by atoms with Crippen LogP contribution in [0.5, 0.6) is 0 Å². The van der Waals surface area contributed by atoms with Crippen molar-refractivity contribution in [1.29, 1.82) is 0 Å². The summed E-state index contributed by atoms with van der Waals surface area (Å²) < 4.78 is 0. The first kappa shape index (κ1) is 44.2. The van der Waals surface area contributed by atoms with Gasteiger partial charge in [0.15, 0.2) is 0 Å². The van der Waals surface area contributed by atoms with Gasteiger partial charge in [0, 0.05) is 89.2 Å². The van der Waals surface area contributed by atoms with E-state index in [2.05, 4.69) is 31.6 Å². The lowest BCUT2D eigenvalue weighted by Crippen LogP contribution is -2.57. The van der Waals surface area contributed by atoms with E-state index in [0.717, 1.165) is 12.5 Å². The van der Waals surface area contributed by atoms with E-state index in [0.29, 0.717) is 31.0 Å². The normalized spacial score (nSPS) is 12.3. The summed E-state index contributed by atoms with van der Waals surface area (Å²) in [6, 6.07) is 10.4. The first-order chi connectivity index (χ1) is 26.6. The van der Waals surface area contributed by atoms with E-state index >= 15 is 0 Å². The van der Waals surface area contributed by atoms with Crippen LogP contribution in [0.4, 0.5) is 5.82 Å². The average Bonchev–Trinajstić information content (AvgIpc) is 3.45. The van der Waals surface area contributed by atoms with Crippen molar-refractivity contribution in [1.82, 2.24) is 41.0 Å². The molecule has 1 aromatic carbocycles. The van der Waals surface area contributed by atoms with Gasteiger partial charge < -0.3 is 46.6 Å². The second-order valence-corrected chi connectivity index (χ2v) is 12.9. The highest BCUT2D eigenvalue weighted by Gasteiger charge is 2.41. The van der Waals surface area contributed by atoms with E-state index in [1.807, 2.05) is 12.1 Å². The topological polar surface area (TPSA) is 300 Å². The first-order valence-corrected chi connectivity index (χ1v) is 17.6. The van der Waals surface area contributed by atoms with Crippen molar-refractivity contribution in [3.8, 4) is 0 Å². The van der Waals surface area contributed by atoms with Gasteiger partial charge in [0.25, 0.3) is 11.8 Å². The van der Waals surface area contributed by atoms with Gasteiger partial charge in [-0.2, -0.15) is 0 Å². The Hall–Kier alpha value is -6.19. The SMILES string of the molecule is CC(NCCN(CCN(CC(=O)O)CC(=O)NCCNC(=O)CCNC(=O)c1ccc2c(c1)C(=O)N(CCNc1ccccn1)C2)CC(=O)O)(C(=O)O)C(=O)O. The second-order valence-electron chi connectivity index (χ2n) is 12.9. The number of carbonyl (C=O) groups excluding carboxylic acids is 4. The van der Waals surface area contributed by atoms with Gasteiger partial charge in [0.2, 0.25) is 17.4 Å². The Kier molecular flexibility index (Phi) is 17.1. The van der Waals surface area contributed by atoms with Gasteiger partial charge >= 0.3 is 23.9 Å². The molecule has 0 unspecified atom stereocenters. The van der Waals surface area contributed by atoms with Crippen molar-refractivity contribution in [3.63, 3.8) is 0 Å². The van der Waals surface area contributed by atoms with Crippen molar-refractivity contribution in [2.75, 3.05) is 83.9 Å². The molecule has 21 nitrogen and oxygen atoms in total. The largest absolute Gasteiger partial charge is 0.480 e. The maximum absolute atomic E-state index is 13.0. The molecule has 0 spiro atoms. The molecule has 9 N–H and O–H groups in total. The lowest BCUT2D eigenvalue weighted by Gasteiger charge is -2.27. The molecular formula is C35H47N9O12. The fraction of sp³-hybridized carbons (Fsp3) is 0.457. The number of nitrogens with one attached hydrogen (secondary N) is 5. The number of carbonyl (C=O) groups is 8. The molecular weight excluding hydrogens is 738 g/mol. The van der Waals surface area contributed by atoms with Gasteiger partial charge in [-0.1, -0.05) is 12.1 Å². The lowest BCUT2D eigenvalue weighted by atomic mass is 10.0. The zero-order valence-electron chi connectivity index (χ0n) is 30.8. The van der Waals surface area contributed by atoms with Crippen LogP contribution in [0.1, 0.15) is 39.6 Å². The maximum atomic E-state index is 13.0. The molecule has 4 amide bonds. The zero-order chi connectivity index (χ0) is 41.3. The van der Waals surface area contributed by atoms with Crippen LogP contribution < -0.4 is 26.6 Å². The molecule has 0 saturated heterocycles. The summed E-state index contributed by atoms with van der Waals surface area (Å²) in [5.74, 6) is -6.69. The fourth-order valence-electron chi connectivity index (χ4n) is 5.47. The number of rotatable bonds is 26. The van der Waals surface area contributed by atoms with Crippen molar-refractivity contribution < 1.29 is 58.8 Å². The highest BCUT2D eigenvalue weighted by Crippen LogP contribution is 2.24. The van der Waals surface area contributed by atoms with E-state index in [4.69, 9.17) is 0 Å². The van der Waals surface area contributed by atoms with E-state index in [9.17, 15) is 58.8 Å². The third-order valence-electron chi connectivity index (χ3n) is 8.59. The smallest absolute Gasteiger partial charge is 0.335 e. The molecule has 0 fully saturated rings. The van der Waals surface area contributed by atoms with Gasteiger partial charge in [-0.3, -0.25) is 43.9 Å². The third kappa shape index (κ3) is 14.2. The number of carboxylic acid groups (broad SMARTS) is 4. The van der Waals surface area contributed by atoms with Crippen LogP contribution in [0.25, 0.3) is 0 Å². The Morgan fingerprint density at radius 2 is 1.43 bits per heavy atom. The maximum Gasteiger partial charge on any atom is 0.335 e. The van der Waals surface area contributed by atoms with Crippen LogP contribution >= 0.6 is 0 Å². The van der Waals surface area contributed by atoms with Crippen molar-refractivity contribution in [2.24, 2.45) is 0 Å². The predicted octanol–water partition coefficient (Wildman–Crippen LogP) is -2.21. The van der Waals surface area contributed by atoms with Gasteiger partial charge in [0.1, 0.15) is 5.82 Å². The summed E-state index contributed by atoms with van der Waals surface area (Å²) in [6.07, 6.45) is 1.60. The van der Waals surface area contributed by atoms with Crippen LogP contribution in [-0.4, -0.2) is 172 Å². The molecule has 0 saturated carbocycles. The van der Waals surface area contributed by atoms with Gasteiger partial charge in [-0.25, -0.2) is 14.6 Å². The van der Waals surface area contributed by atoms with Gasteiger partial charge in [-0.05, 0) is 36.8 Å². The first-order valence-electron chi connectivity index (χ1n) is 17.6. The highest BCUT2D eigenvalue weighted by molar-refractivity contribution is 6.03. The Labute approximate surface area is 321 Å². The Morgan fingerprint density at radius 3 is 2.07 bits per heavy atom. The standard InChI is InChI=1S/C35H47N9O12/c1-35(33(53)54,34(55)56)41-13-14-42(21-29(47)48)16-17-43(22-30(49)50)20-28(46)39-11-10-38-27(45)7-9-40-31(51)23-5-6-24-19-44(32(52)25(24)18-23)15-12-37-26-4-2-3-8-36-26/h2-6,8,18,41H,7,9-17,19-22H2,1H3,(H,36,37)(H,38,45)(H,39,46)(H,40,51)(H,47,48)(H,49,50)(H,53,54)(H,55,56).